The van der Waals surface area contributed by atoms with E-state index in [1.807, 2.05) is 6.07 Å². The topological polar surface area (TPSA) is 35.8 Å². The number of hydrogen-bond acceptors (Lipinski definition) is 2. The average Bonchev–Trinajstić information content (AvgIpc) is 2.38. The number of benzene rings is 2. The van der Waals surface area contributed by atoms with Gasteiger partial charge in [0.2, 0.25) is 0 Å². The van der Waals surface area contributed by atoms with Gasteiger partial charge in [-0.1, -0.05) is 6.07 Å². The predicted octanol–water partition coefficient (Wildman–Crippen LogP) is 5.08. The molecule has 6 heteroatoms. The van der Waals surface area contributed by atoms with E-state index < -0.39 is 11.7 Å². The molecule has 1 N–H and O–H groups in total. The SMILES string of the molecule is N#Cc1c(Br)cccc1Nc1ccc(C(F)(F)F)cc1. The van der Waals surface area contributed by atoms with Crippen LogP contribution in [0.4, 0.5) is 24.5 Å². The van der Waals surface area contributed by atoms with Crippen molar-refractivity contribution in [3.05, 3.63) is 58.1 Å². The highest BCUT2D eigenvalue weighted by Gasteiger charge is 2.29. The summed E-state index contributed by atoms with van der Waals surface area (Å²) in [5.41, 5.74) is 0.694. The number of halogens is 4. The number of nitrogens with one attached hydrogen (secondary N) is 1. The Balaban J connectivity index is 2.28. The van der Waals surface area contributed by atoms with Gasteiger partial charge in [-0.2, -0.15) is 18.4 Å². The van der Waals surface area contributed by atoms with Crippen molar-refractivity contribution < 1.29 is 13.2 Å². The number of alkyl halides is 3. The monoisotopic (exact) mass is 340 g/mol. The highest BCUT2D eigenvalue weighted by Crippen LogP contribution is 2.31. The molecular weight excluding hydrogens is 333 g/mol. The molecule has 0 aliphatic rings. The Morgan fingerprint density at radius 3 is 2.25 bits per heavy atom. The van der Waals surface area contributed by atoms with Crippen LogP contribution in [0.25, 0.3) is 0 Å². The van der Waals surface area contributed by atoms with Gasteiger partial charge in [0.1, 0.15) is 6.07 Å². The molecular formula is C14H8BrF3N2. The van der Waals surface area contributed by atoms with Gasteiger partial charge in [0, 0.05) is 10.2 Å². The summed E-state index contributed by atoms with van der Waals surface area (Å²) < 4.78 is 38.0. The fraction of sp³-hybridized carbons (Fsp3) is 0.0714. The standard InChI is InChI=1S/C14H8BrF3N2/c15-12-2-1-3-13(11(12)8-19)20-10-6-4-9(5-7-10)14(16,17)18/h1-7,20H. The lowest BCUT2D eigenvalue weighted by Gasteiger charge is -2.11. The van der Waals surface area contributed by atoms with E-state index in [1.165, 1.54) is 12.1 Å². The molecule has 0 aliphatic carbocycles. The molecule has 0 aromatic heterocycles. The summed E-state index contributed by atoms with van der Waals surface area (Å²) in [4.78, 5) is 0. The van der Waals surface area contributed by atoms with Crippen molar-refractivity contribution in [2.75, 3.05) is 5.32 Å². The highest BCUT2D eigenvalue weighted by atomic mass is 79.9. The Labute approximate surface area is 122 Å². The number of nitrogens with zero attached hydrogens (tertiary/aromatic N) is 1. The third kappa shape index (κ3) is 3.11. The average molecular weight is 341 g/mol. The molecule has 0 bridgehead atoms. The molecule has 0 spiro atoms. The van der Waals surface area contributed by atoms with Gasteiger partial charge < -0.3 is 5.32 Å². The molecule has 20 heavy (non-hydrogen) atoms. The highest BCUT2D eigenvalue weighted by molar-refractivity contribution is 9.10. The second-order valence-electron chi connectivity index (χ2n) is 3.97. The van der Waals surface area contributed by atoms with Crippen LogP contribution in [0.5, 0.6) is 0 Å². The van der Waals surface area contributed by atoms with Crippen molar-refractivity contribution in [1.82, 2.24) is 0 Å². The maximum absolute atomic E-state index is 12.4. The molecule has 2 aromatic carbocycles. The summed E-state index contributed by atoms with van der Waals surface area (Å²) in [5.74, 6) is 0. The van der Waals surface area contributed by atoms with Crippen LogP contribution in [0, 0.1) is 11.3 Å². The van der Waals surface area contributed by atoms with E-state index in [-0.39, 0.29) is 0 Å². The molecule has 0 radical (unpaired) electrons. The molecule has 102 valence electrons. The lowest BCUT2D eigenvalue weighted by Crippen LogP contribution is -2.04. The van der Waals surface area contributed by atoms with Crippen LogP contribution in [0.1, 0.15) is 11.1 Å². The smallest absolute Gasteiger partial charge is 0.354 e. The van der Waals surface area contributed by atoms with Crippen LogP contribution >= 0.6 is 15.9 Å². The summed E-state index contributed by atoms with van der Waals surface area (Å²) >= 11 is 3.25. The van der Waals surface area contributed by atoms with Gasteiger partial charge in [0.05, 0.1) is 16.8 Å². The number of hydrogen-bond donors (Lipinski definition) is 1. The summed E-state index contributed by atoms with van der Waals surface area (Å²) in [6.45, 7) is 0. The molecule has 2 nitrogen and oxygen atoms in total. The zero-order chi connectivity index (χ0) is 14.8. The van der Waals surface area contributed by atoms with E-state index in [1.54, 1.807) is 18.2 Å². The van der Waals surface area contributed by atoms with E-state index in [9.17, 15) is 13.2 Å². The Morgan fingerprint density at radius 1 is 1.05 bits per heavy atom. The second-order valence-corrected chi connectivity index (χ2v) is 4.83. The molecule has 0 amide bonds. The summed E-state index contributed by atoms with van der Waals surface area (Å²) in [5, 5.41) is 12.0. The Morgan fingerprint density at radius 2 is 1.70 bits per heavy atom. The molecule has 0 aliphatic heterocycles. The van der Waals surface area contributed by atoms with Crippen LogP contribution in [-0.2, 0) is 6.18 Å². The first kappa shape index (κ1) is 14.4. The van der Waals surface area contributed by atoms with Crippen molar-refractivity contribution in [2.24, 2.45) is 0 Å². The largest absolute Gasteiger partial charge is 0.416 e. The molecule has 0 atom stereocenters. The number of anilines is 2. The zero-order valence-corrected chi connectivity index (χ0v) is 11.6. The van der Waals surface area contributed by atoms with E-state index >= 15 is 0 Å². The van der Waals surface area contributed by atoms with Gasteiger partial charge in [-0.05, 0) is 52.3 Å². The van der Waals surface area contributed by atoms with Crippen LogP contribution in [-0.4, -0.2) is 0 Å². The number of nitriles is 1. The molecule has 2 aromatic rings. The molecule has 0 heterocycles. The molecule has 0 saturated heterocycles. The zero-order valence-electron chi connectivity index (χ0n) is 10.0. The van der Waals surface area contributed by atoms with Crippen molar-refractivity contribution in [1.29, 1.82) is 5.26 Å². The van der Waals surface area contributed by atoms with E-state index in [4.69, 9.17) is 5.26 Å². The summed E-state index contributed by atoms with van der Waals surface area (Å²) in [6.07, 6.45) is -4.36. The second kappa shape index (κ2) is 5.55. The Bertz CT molecular complexity index is 658. The van der Waals surface area contributed by atoms with Crippen molar-refractivity contribution in [3.63, 3.8) is 0 Å². The van der Waals surface area contributed by atoms with E-state index in [0.717, 1.165) is 12.1 Å². The minimum atomic E-state index is -4.36. The van der Waals surface area contributed by atoms with Crippen molar-refractivity contribution in [2.45, 2.75) is 6.18 Å². The van der Waals surface area contributed by atoms with E-state index in [2.05, 4.69) is 21.2 Å². The molecule has 0 fully saturated rings. The first-order valence-electron chi connectivity index (χ1n) is 5.54. The molecule has 0 unspecified atom stereocenters. The minimum absolute atomic E-state index is 0.396. The van der Waals surface area contributed by atoms with Gasteiger partial charge in [-0.3, -0.25) is 0 Å². The van der Waals surface area contributed by atoms with E-state index in [0.29, 0.717) is 21.4 Å². The van der Waals surface area contributed by atoms with Crippen molar-refractivity contribution in [3.8, 4) is 6.07 Å². The van der Waals surface area contributed by atoms with Gasteiger partial charge >= 0.3 is 6.18 Å². The fourth-order valence-corrected chi connectivity index (χ4v) is 2.09. The lowest BCUT2D eigenvalue weighted by molar-refractivity contribution is -0.137. The minimum Gasteiger partial charge on any atom is -0.354 e. The first-order chi connectivity index (χ1) is 9.41. The van der Waals surface area contributed by atoms with Crippen LogP contribution in [0.15, 0.2) is 46.9 Å². The molecule has 2 rings (SSSR count). The first-order valence-corrected chi connectivity index (χ1v) is 6.34. The van der Waals surface area contributed by atoms with Gasteiger partial charge in [-0.15, -0.1) is 0 Å². The lowest BCUT2D eigenvalue weighted by atomic mass is 10.1. The Hall–Kier alpha value is -2.00. The third-order valence-electron chi connectivity index (χ3n) is 2.62. The predicted molar refractivity (Wildman–Crippen MR) is 73.6 cm³/mol. The quantitative estimate of drug-likeness (QED) is 0.827. The summed E-state index contributed by atoms with van der Waals surface area (Å²) in [7, 11) is 0. The van der Waals surface area contributed by atoms with Gasteiger partial charge in [-0.25, -0.2) is 0 Å². The van der Waals surface area contributed by atoms with Crippen molar-refractivity contribution >= 4 is 27.3 Å². The van der Waals surface area contributed by atoms with Crippen LogP contribution < -0.4 is 5.32 Å². The fourth-order valence-electron chi connectivity index (χ4n) is 1.64. The Kier molecular flexibility index (Phi) is 4.00. The van der Waals surface area contributed by atoms with Crippen LogP contribution in [0.3, 0.4) is 0 Å². The third-order valence-corrected chi connectivity index (χ3v) is 3.28. The molecule has 0 saturated carbocycles. The summed E-state index contributed by atoms with van der Waals surface area (Å²) in [6, 6.07) is 11.8. The maximum Gasteiger partial charge on any atom is 0.416 e. The van der Waals surface area contributed by atoms with Gasteiger partial charge in [0.25, 0.3) is 0 Å². The maximum atomic E-state index is 12.4. The normalized spacial score (nSPS) is 10.9. The number of rotatable bonds is 2. The van der Waals surface area contributed by atoms with Crippen LogP contribution in [0.2, 0.25) is 0 Å². The van der Waals surface area contributed by atoms with Gasteiger partial charge in [0.15, 0.2) is 0 Å².